The monoisotopic (exact) mass is 252 g/mol. The average Bonchev–Trinajstić information content (AvgIpc) is 2.28. The van der Waals surface area contributed by atoms with Crippen molar-refractivity contribution in [1.82, 2.24) is 5.32 Å². The zero-order valence-corrected chi connectivity index (χ0v) is 10.8. The highest BCUT2D eigenvalue weighted by Gasteiger charge is 2.03. The Kier molecular flexibility index (Phi) is 6.36. The van der Waals surface area contributed by atoms with E-state index in [1.54, 1.807) is 12.1 Å². The lowest BCUT2D eigenvalue weighted by molar-refractivity contribution is -0.118. The number of amides is 1. The molecule has 1 unspecified atom stereocenters. The molecule has 1 atom stereocenters. The van der Waals surface area contributed by atoms with Crippen molar-refractivity contribution < 1.29 is 9.18 Å². The van der Waals surface area contributed by atoms with E-state index < -0.39 is 0 Å². The second-order valence-corrected chi connectivity index (χ2v) is 4.61. The standard InChI is InChI=1S/C14H21FN2O/c1-11(17-8-3-2-7-14(16)18)9-12-5-4-6-13(15)10-12/h4-6,10-11,17H,2-3,7-9H2,1H3,(H2,16,18). The predicted octanol–water partition coefficient (Wildman–Crippen LogP) is 2.00. The van der Waals surface area contributed by atoms with Crippen LogP contribution >= 0.6 is 0 Å². The van der Waals surface area contributed by atoms with E-state index in [0.29, 0.717) is 12.5 Å². The third-order valence-electron chi connectivity index (χ3n) is 2.77. The summed E-state index contributed by atoms with van der Waals surface area (Å²) >= 11 is 0. The number of benzene rings is 1. The summed E-state index contributed by atoms with van der Waals surface area (Å²) in [5.41, 5.74) is 6.05. The number of hydrogen-bond acceptors (Lipinski definition) is 2. The molecule has 18 heavy (non-hydrogen) atoms. The van der Waals surface area contributed by atoms with Crippen LogP contribution in [-0.4, -0.2) is 18.5 Å². The topological polar surface area (TPSA) is 55.1 Å². The molecule has 0 aliphatic rings. The summed E-state index contributed by atoms with van der Waals surface area (Å²) in [6, 6.07) is 6.95. The molecule has 0 aromatic heterocycles. The summed E-state index contributed by atoms with van der Waals surface area (Å²) in [6.45, 7) is 2.92. The quantitative estimate of drug-likeness (QED) is 0.695. The minimum Gasteiger partial charge on any atom is -0.370 e. The molecule has 0 heterocycles. The number of unbranched alkanes of at least 4 members (excludes halogenated alkanes) is 1. The molecule has 1 aromatic carbocycles. The minimum atomic E-state index is -0.247. The number of halogens is 1. The second-order valence-electron chi connectivity index (χ2n) is 4.61. The molecule has 0 aliphatic heterocycles. The van der Waals surface area contributed by atoms with Gasteiger partial charge in [-0.05, 0) is 50.4 Å². The van der Waals surface area contributed by atoms with E-state index in [1.165, 1.54) is 6.07 Å². The Hall–Kier alpha value is -1.42. The van der Waals surface area contributed by atoms with Crippen LogP contribution in [0.2, 0.25) is 0 Å². The fraction of sp³-hybridized carbons (Fsp3) is 0.500. The third-order valence-corrected chi connectivity index (χ3v) is 2.77. The van der Waals surface area contributed by atoms with Crippen LogP contribution in [0.3, 0.4) is 0 Å². The van der Waals surface area contributed by atoms with Crippen molar-refractivity contribution in [2.75, 3.05) is 6.54 Å². The van der Waals surface area contributed by atoms with Crippen molar-refractivity contribution in [3.63, 3.8) is 0 Å². The number of hydrogen-bond donors (Lipinski definition) is 2. The van der Waals surface area contributed by atoms with Crippen molar-refractivity contribution in [1.29, 1.82) is 0 Å². The van der Waals surface area contributed by atoms with E-state index in [-0.39, 0.29) is 11.7 Å². The smallest absolute Gasteiger partial charge is 0.217 e. The molecule has 100 valence electrons. The Morgan fingerprint density at radius 2 is 2.22 bits per heavy atom. The number of nitrogens with two attached hydrogens (primary N) is 1. The zero-order valence-electron chi connectivity index (χ0n) is 10.8. The van der Waals surface area contributed by atoms with Crippen LogP contribution in [0.25, 0.3) is 0 Å². The van der Waals surface area contributed by atoms with Gasteiger partial charge in [0.1, 0.15) is 5.82 Å². The van der Waals surface area contributed by atoms with E-state index in [0.717, 1.165) is 31.4 Å². The summed E-state index contributed by atoms with van der Waals surface area (Å²) in [5, 5.41) is 3.35. The SMILES string of the molecule is CC(Cc1cccc(F)c1)NCCCCC(N)=O. The van der Waals surface area contributed by atoms with Crippen LogP contribution < -0.4 is 11.1 Å². The molecule has 1 amide bonds. The maximum absolute atomic E-state index is 13.0. The minimum absolute atomic E-state index is 0.193. The van der Waals surface area contributed by atoms with Crippen LogP contribution in [0.1, 0.15) is 31.7 Å². The number of carbonyl (C=O) groups is 1. The Morgan fingerprint density at radius 3 is 2.89 bits per heavy atom. The summed E-state index contributed by atoms with van der Waals surface area (Å²) in [6.07, 6.45) is 2.99. The molecule has 0 aliphatic carbocycles. The normalized spacial score (nSPS) is 12.3. The maximum Gasteiger partial charge on any atom is 0.217 e. The van der Waals surface area contributed by atoms with Gasteiger partial charge >= 0.3 is 0 Å². The van der Waals surface area contributed by atoms with Crippen molar-refractivity contribution in [2.24, 2.45) is 5.73 Å². The fourth-order valence-corrected chi connectivity index (χ4v) is 1.86. The van der Waals surface area contributed by atoms with Gasteiger partial charge in [0.15, 0.2) is 0 Å². The molecule has 0 saturated heterocycles. The fourth-order valence-electron chi connectivity index (χ4n) is 1.86. The van der Waals surface area contributed by atoms with Gasteiger partial charge in [0.05, 0.1) is 0 Å². The molecule has 0 fully saturated rings. The Bertz CT molecular complexity index is 382. The molecule has 3 N–H and O–H groups in total. The molecule has 0 saturated carbocycles. The van der Waals surface area contributed by atoms with Crippen molar-refractivity contribution in [3.8, 4) is 0 Å². The highest BCUT2D eigenvalue weighted by Crippen LogP contribution is 2.06. The first kappa shape index (κ1) is 14.6. The molecule has 1 rings (SSSR count). The van der Waals surface area contributed by atoms with E-state index in [4.69, 9.17) is 5.73 Å². The molecule has 1 aromatic rings. The van der Waals surface area contributed by atoms with E-state index >= 15 is 0 Å². The lowest BCUT2D eigenvalue weighted by atomic mass is 10.1. The lowest BCUT2D eigenvalue weighted by Crippen LogP contribution is -2.29. The number of rotatable bonds is 8. The van der Waals surface area contributed by atoms with Gasteiger partial charge in [-0.1, -0.05) is 12.1 Å². The van der Waals surface area contributed by atoms with E-state index in [9.17, 15) is 9.18 Å². The second kappa shape index (κ2) is 7.82. The largest absolute Gasteiger partial charge is 0.370 e. The lowest BCUT2D eigenvalue weighted by Gasteiger charge is -2.13. The first-order valence-electron chi connectivity index (χ1n) is 6.34. The van der Waals surface area contributed by atoms with Crippen LogP contribution in [-0.2, 0) is 11.2 Å². The zero-order chi connectivity index (χ0) is 13.4. The first-order chi connectivity index (χ1) is 8.58. The predicted molar refractivity (Wildman–Crippen MR) is 70.6 cm³/mol. The van der Waals surface area contributed by atoms with Gasteiger partial charge in [-0.25, -0.2) is 4.39 Å². The number of nitrogens with one attached hydrogen (secondary N) is 1. The van der Waals surface area contributed by atoms with Gasteiger partial charge in [0, 0.05) is 12.5 Å². The van der Waals surface area contributed by atoms with Gasteiger partial charge < -0.3 is 11.1 Å². The van der Waals surface area contributed by atoms with E-state index in [2.05, 4.69) is 12.2 Å². The van der Waals surface area contributed by atoms with Gasteiger partial charge in [0.25, 0.3) is 0 Å². The Balaban J connectivity index is 2.17. The molecule has 3 nitrogen and oxygen atoms in total. The van der Waals surface area contributed by atoms with E-state index in [1.807, 2.05) is 6.07 Å². The van der Waals surface area contributed by atoms with Gasteiger partial charge in [-0.3, -0.25) is 4.79 Å². The number of carbonyl (C=O) groups excluding carboxylic acids is 1. The molecule has 0 radical (unpaired) electrons. The molecular weight excluding hydrogens is 231 g/mol. The summed E-state index contributed by atoms with van der Waals surface area (Å²) in [7, 11) is 0. The molecule has 0 bridgehead atoms. The highest BCUT2D eigenvalue weighted by atomic mass is 19.1. The maximum atomic E-state index is 13.0. The average molecular weight is 252 g/mol. The third kappa shape index (κ3) is 6.35. The first-order valence-corrected chi connectivity index (χ1v) is 6.34. The van der Waals surface area contributed by atoms with Gasteiger partial charge in [-0.2, -0.15) is 0 Å². The van der Waals surface area contributed by atoms with Gasteiger partial charge in [0.2, 0.25) is 5.91 Å². The Morgan fingerprint density at radius 1 is 1.44 bits per heavy atom. The molecule has 0 spiro atoms. The van der Waals surface area contributed by atoms with Crippen LogP contribution in [0.4, 0.5) is 4.39 Å². The van der Waals surface area contributed by atoms with Crippen LogP contribution in [0.5, 0.6) is 0 Å². The highest BCUT2D eigenvalue weighted by molar-refractivity contribution is 5.73. The van der Waals surface area contributed by atoms with Crippen molar-refractivity contribution in [2.45, 2.75) is 38.6 Å². The van der Waals surface area contributed by atoms with Crippen LogP contribution in [0.15, 0.2) is 24.3 Å². The summed E-state index contributed by atoms with van der Waals surface area (Å²) < 4.78 is 13.0. The van der Waals surface area contributed by atoms with Gasteiger partial charge in [-0.15, -0.1) is 0 Å². The molecule has 4 heteroatoms. The van der Waals surface area contributed by atoms with Crippen LogP contribution in [0, 0.1) is 5.82 Å². The Labute approximate surface area is 108 Å². The summed E-state index contributed by atoms with van der Waals surface area (Å²) in [5.74, 6) is -0.441. The van der Waals surface area contributed by atoms with Crippen molar-refractivity contribution in [3.05, 3.63) is 35.6 Å². The number of primary amides is 1. The van der Waals surface area contributed by atoms with Crippen molar-refractivity contribution >= 4 is 5.91 Å². The summed E-state index contributed by atoms with van der Waals surface area (Å²) in [4.78, 5) is 10.5. The molecular formula is C14H21FN2O.